The highest BCUT2D eigenvalue weighted by Crippen LogP contribution is 2.29. The summed E-state index contributed by atoms with van der Waals surface area (Å²) in [5, 5.41) is 5.23. The lowest BCUT2D eigenvalue weighted by Gasteiger charge is -2.07. The summed E-state index contributed by atoms with van der Waals surface area (Å²) < 4.78 is 11.0. The highest BCUT2D eigenvalue weighted by molar-refractivity contribution is 6.34. The minimum atomic E-state index is -0.458. The number of hydrogen-bond donors (Lipinski definition) is 1. The molecule has 1 amide bonds. The first-order chi connectivity index (χ1) is 13.0. The van der Waals surface area contributed by atoms with Gasteiger partial charge in [0.15, 0.2) is 6.61 Å². The van der Waals surface area contributed by atoms with Crippen molar-refractivity contribution < 1.29 is 13.9 Å². The van der Waals surface area contributed by atoms with Gasteiger partial charge >= 0.3 is 0 Å². The zero-order valence-electron chi connectivity index (χ0n) is 13.8. The molecule has 0 fully saturated rings. The second-order valence-electron chi connectivity index (χ2n) is 5.34. The Labute approximate surface area is 170 Å². The number of rotatable bonds is 6. The number of halogens is 3. The third-order valence-electron chi connectivity index (χ3n) is 3.40. The van der Waals surface area contributed by atoms with Crippen molar-refractivity contribution >= 4 is 46.9 Å². The van der Waals surface area contributed by atoms with Gasteiger partial charge in [-0.25, -0.2) is 5.43 Å². The lowest BCUT2D eigenvalue weighted by atomic mass is 10.2. The van der Waals surface area contributed by atoms with Crippen LogP contribution in [0.1, 0.15) is 5.76 Å². The number of carbonyl (C=O) groups is 1. The monoisotopic (exact) mass is 422 g/mol. The number of furan rings is 1. The Balaban J connectivity index is 1.54. The summed E-state index contributed by atoms with van der Waals surface area (Å²) in [5.41, 5.74) is 3.11. The van der Waals surface area contributed by atoms with Crippen LogP contribution < -0.4 is 10.2 Å². The van der Waals surface area contributed by atoms with Crippen molar-refractivity contribution in [1.29, 1.82) is 0 Å². The molecule has 0 bridgehead atoms. The summed E-state index contributed by atoms with van der Waals surface area (Å²) in [5.74, 6) is 0.926. The van der Waals surface area contributed by atoms with E-state index in [1.165, 1.54) is 12.3 Å². The maximum atomic E-state index is 11.8. The molecule has 2 aromatic carbocycles. The Bertz CT molecular complexity index is 986. The van der Waals surface area contributed by atoms with E-state index in [1.807, 2.05) is 18.2 Å². The summed E-state index contributed by atoms with van der Waals surface area (Å²) in [7, 11) is 0. The molecule has 0 radical (unpaired) electrons. The van der Waals surface area contributed by atoms with E-state index < -0.39 is 5.91 Å². The summed E-state index contributed by atoms with van der Waals surface area (Å²) in [6, 6.07) is 15.6. The van der Waals surface area contributed by atoms with E-state index in [-0.39, 0.29) is 6.61 Å². The Hall–Kier alpha value is -2.47. The standard InChI is InChI=1S/C19H13Cl3N2O3/c20-12-5-7-16(22)18(9-12)26-11-19(25)24-23-10-13-6-8-17(27-13)14-3-1-2-4-15(14)21/h1-10H,11H2,(H,24,25)/b23-10+. The number of amides is 1. The van der Waals surface area contributed by atoms with Gasteiger partial charge < -0.3 is 9.15 Å². The van der Waals surface area contributed by atoms with Crippen LogP contribution >= 0.6 is 34.8 Å². The van der Waals surface area contributed by atoms with Gasteiger partial charge in [-0.05, 0) is 36.4 Å². The number of ether oxygens (including phenoxy) is 1. The summed E-state index contributed by atoms with van der Waals surface area (Å²) in [4.78, 5) is 11.8. The third kappa shape index (κ3) is 5.26. The Morgan fingerprint density at radius 3 is 2.70 bits per heavy atom. The molecule has 138 valence electrons. The average Bonchev–Trinajstić information content (AvgIpc) is 3.11. The molecule has 0 unspecified atom stereocenters. The van der Waals surface area contributed by atoms with Crippen LogP contribution in [0, 0.1) is 0 Å². The second-order valence-corrected chi connectivity index (χ2v) is 6.59. The minimum absolute atomic E-state index is 0.263. The van der Waals surface area contributed by atoms with E-state index in [2.05, 4.69) is 10.5 Å². The van der Waals surface area contributed by atoms with Crippen molar-refractivity contribution in [2.75, 3.05) is 6.61 Å². The summed E-state index contributed by atoms with van der Waals surface area (Å²) in [6.07, 6.45) is 1.38. The van der Waals surface area contributed by atoms with E-state index in [4.69, 9.17) is 44.0 Å². The topological polar surface area (TPSA) is 63.8 Å². The second kappa shape index (κ2) is 8.95. The molecule has 0 aliphatic rings. The fraction of sp³-hybridized carbons (Fsp3) is 0.0526. The molecule has 5 nitrogen and oxygen atoms in total. The van der Waals surface area contributed by atoms with Gasteiger partial charge in [-0.2, -0.15) is 5.10 Å². The molecule has 0 aliphatic heterocycles. The molecule has 0 saturated carbocycles. The zero-order valence-corrected chi connectivity index (χ0v) is 16.1. The fourth-order valence-corrected chi connectivity index (χ4v) is 2.72. The summed E-state index contributed by atoms with van der Waals surface area (Å²) in [6.45, 7) is -0.263. The number of benzene rings is 2. The normalized spacial score (nSPS) is 10.9. The smallest absolute Gasteiger partial charge is 0.277 e. The lowest BCUT2D eigenvalue weighted by Crippen LogP contribution is -2.24. The van der Waals surface area contributed by atoms with Gasteiger partial charge in [0.05, 0.1) is 16.3 Å². The zero-order chi connectivity index (χ0) is 19.2. The lowest BCUT2D eigenvalue weighted by molar-refractivity contribution is -0.123. The van der Waals surface area contributed by atoms with Crippen molar-refractivity contribution in [3.05, 3.63) is 75.4 Å². The molecule has 1 N–H and O–H groups in total. The molecule has 1 heterocycles. The Kier molecular flexibility index (Phi) is 6.40. The van der Waals surface area contributed by atoms with Crippen molar-refractivity contribution in [3.8, 4) is 17.1 Å². The van der Waals surface area contributed by atoms with E-state index >= 15 is 0 Å². The molecule has 27 heavy (non-hydrogen) atoms. The number of nitrogens with one attached hydrogen (secondary N) is 1. The first-order valence-corrected chi connectivity index (χ1v) is 8.91. The number of carbonyl (C=O) groups excluding carboxylic acids is 1. The van der Waals surface area contributed by atoms with E-state index in [0.29, 0.717) is 32.3 Å². The SMILES string of the molecule is O=C(COc1cc(Cl)ccc1Cl)N/N=C/c1ccc(-c2ccccc2Cl)o1. The molecule has 0 aliphatic carbocycles. The van der Waals surface area contributed by atoms with Crippen LogP contribution in [-0.2, 0) is 4.79 Å². The molecule has 1 aromatic heterocycles. The third-order valence-corrected chi connectivity index (χ3v) is 4.28. The van der Waals surface area contributed by atoms with Crippen LogP contribution in [0.4, 0.5) is 0 Å². The highest BCUT2D eigenvalue weighted by atomic mass is 35.5. The number of hydrazone groups is 1. The van der Waals surface area contributed by atoms with Gasteiger partial charge in [-0.3, -0.25) is 4.79 Å². The van der Waals surface area contributed by atoms with Gasteiger partial charge in [0.25, 0.3) is 5.91 Å². The predicted molar refractivity (Wildman–Crippen MR) is 107 cm³/mol. The molecule has 0 spiro atoms. The van der Waals surface area contributed by atoms with Crippen LogP contribution in [0.5, 0.6) is 5.75 Å². The van der Waals surface area contributed by atoms with E-state index in [9.17, 15) is 4.79 Å². The quantitative estimate of drug-likeness (QED) is 0.424. The Morgan fingerprint density at radius 1 is 1.07 bits per heavy atom. The molecule has 3 aromatic rings. The van der Waals surface area contributed by atoms with Gasteiger partial charge in [-0.1, -0.05) is 46.9 Å². The van der Waals surface area contributed by atoms with Gasteiger partial charge in [0.2, 0.25) is 0 Å². The minimum Gasteiger partial charge on any atom is -0.482 e. The predicted octanol–water partition coefficient (Wildman–Crippen LogP) is 5.44. The molecular formula is C19H13Cl3N2O3. The first-order valence-electron chi connectivity index (χ1n) is 7.77. The van der Waals surface area contributed by atoms with Crippen molar-refractivity contribution in [2.24, 2.45) is 5.10 Å². The molecule has 8 heteroatoms. The van der Waals surface area contributed by atoms with E-state index in [1.54, 1.807) is 30.3 Å². The highest BCUT2D eigenvalue weighted by Gasteiger charge is 2.08. The first kappa shape index (κ1) is 19.3. The fourth-order valence-electron chi connectivity index (χ4n) is 2.16. The maximum Gasteiger partial charge on any atom is 0.277 e. The van der Waals surface area contributed by atoms with E-state index in [0.717, 1.165) is 5.56 Å². The van der Waals surface area contributed by atoms with Gasteiger partial charge in [-0.15, -0.1) is 0 Å². The van der Waals surface area contributed by atoms with Crippen LogP contribution in [0.2, 0.25) is 15.1 Å². The Morgan fingerprint density at radius 2 is 1.89 bits per heavy atom. The van der Waals surface area contributed by atoms with Gasteiger partial charge in [0, 0.05) is 16.7 Å². The maximum absolute atomic E-state index is 11.8. The molecule has 0 saturated heterocycles. The van der Waals surface area contributed by atoms with Gasteiger partial charge in [0.1, 0.15) is 17.3 Å². The molecular weight excluding hydrogens is 411 g/mol. The average molecular weight is 424 g/mol. The van der Waals surface area contributed by atoms with Crippen LogP contribution in [0.3, 0.4) is 0 Å². The van der Waals surface area contributed by atoms with Crippen LogP contribution in [-0.4, -0.2) is 18.7 Å². The van der Waals surface area contributed by atoms with Crippen LogP contribution in [0.15, 0.2) is 64.1 Å². The summed E-state index contributed by atoms with van der Waals surface area (Å²) >= 11 is 18.0. The largest absolute Gasteiger partial charge is 0.482 e. The van der Waals surface area contributed by atoms with Crippen LogP contribution in [0.25, 0.3) is 11.3 Å². The molecule has 0 atom stereocenters. The van der Waals surface area contributed by atoms with Crippen molar-refractivity contribution in [3.63, 3.8) is 0 Å². The van der Waals surface area contributed by atoms with Crippen molar-refractivity contribution in [1.82, 2.24) is 5.43 Å². The molecule has 3 rings (SSSR count). The van der Waals surface area contributed by atoms with Crippen molar-refractivity contribution in [2.45, 2.75) is 0 Å². The number of hydrogen-bond acceptors (Lipinski definition) is 4. The number of nitrogens with zero attached hydrogens (tertiary/aromatic N) is 1.